The number of Topliss-reactive ketones (excluding diaryl/α,β-unsaturated/α-hetero) is 1. The van der Waals surface area contributed by atoms with Gasteiger partial charge in [-0.05, 0) is 55.4 Å². The van der Waals surface area contributed by atoms with Crippen molar-refractivity contribution in [1.29, 1.82) is 0 Å². The van der Waals surface area contributed by atoms with E-state index < -0.39 is 70.9 Å². The predicted molar refractivity (Wildman–Crippen MR) is 200 cm³/mol. The van der Waals surface area contributed by atoms with Crippen molar-refractivity contribution in [3.8, 4) is 0 Å². The topological polar surface area (TPSA) is 180 Å². The lowest BCUT2D eigenvalue weighted by Crippen LogP contribution is -2.62. The number of likely N-dealkylation sites (tertiary alicyclic amines) is 1. The van der Waals surface area contributed by atoms with Gasteiger partial charge in [-0.15, -0.1) is 0 Å². The molecule has 1 unspecified atom stereocenters. The summed E-state index contributed by atoms with van der Waals surface area (Å²) >= 11 is 0. The van der Waals surface area contributed by atoms with Crippen LogP contribution in [-0.2, 0) is 24.0 Å². The molecule has 2 aromatic rings. The monoisotopic (exact) mass is 731 g/mol. The molecule has 1 aliphatic carbocycles. The molecule has 0 spiro atoms. The maximum absolute atomic E-state index is 14.6. The van der Waals surface area contributed by atoms with E-state index in [2.05, 4.69) is 31.2 Å². The minimum Gasteiger partial charge on any atom is -0.344 e. The summed E-state index contributed by atoms with van der Waals surface area (Å²) in [6.45, 7) is 11.4. The molecule has 2 heterocycles. The highest BCUT2D eigenvalue weighted by molar-refractivity contribution is 6.38. The van der Waals surface area contributed by atoms with E-state index in [1.807, 2.05) is 65.0 Å². The van der Waals surface area contributed by atoms with E-state index in [0.29, 0.717) is 19.3 Å². The second kappa shape index (κ2) is 18.9. The fraction of sp³-hybridized carbons (Fsp3) is 0.600. The van der Waals surface area contributed by atoms with Crippen LogP contribution in [0.5, 0.6) is 0 Å². The molecule has 288 valence electrons. The number of hydrogen-bond donors (Lipinski definition) is 4. The van der Waals surface area contributed by atoms with Crippen molar-refractivity contribution in [3.63, 3.8) is 0 Å². The SMILES string of the molecule is CCCC(NC(=O)[C@@H]1[C@@H](CC)CCN1C(=O)[C@@H](NC(=O)[C@@H](NC(=O)c1cnccn1)C1CCCCC1)C(C)(C)C)C(=O)C(=O)N[C@@H](C)c1ccccc1. The fourth-order valence-corrected chi connectivity index (χ4v) is 7.50. The second-order valence-electron chi connectivity index (χ2n) is 15.5. The first-order chi connectivity index (χ1) is 25.3. The molecule has 5 amide bonds. The molecule has 1 aromatic heterocycles. The Hall–Kier alpha value is -4.68. The maximum atomic E-state index is 14.6. The number of hydrogen-bond acceptors (Lipinski definition) is 8. The lowest BCUT2D eigenvalue weighted by atomic mass is 9.82. The largest absolute Gasteiger partial charge is 0.344 e. The third kappa shape index (κ3) is 10.7. The van der Waals surface area contributed by atoms with Crippen LogP contribution >= 0.6 is 0 Å². The van der Waals surface area contributed by atoms with Crippen molar-refractivity contribution in [1.82, 2.24) is 36.1 Å². The van der Waals surface area contributed by atoms with Gasteiger partial charge in [-0.3, -0.25) is 33.8 Å². The van der Waals surface area contributed by atoms with E-state index in [-0.39, 0.29) is 30.5 Å². The van der Waals surface area contributed by atoms with Crippen LogP contribution in [0.1, 0.15) is 121 Å². The van der Waals surface area contributed by atoms with E-state index in [1.165, 1.54) is 23.5 Å². The summed E-state index contributed by atoms with van der Waals surface area (Å²) in [5, 5.41) is 11.4. The first-order valence-electron chi connectivity index (χ1n) is 19.1. The summed E-state index contributed by atoms with van der Waals surface area (Å²) in [6, 6.07) is 4.96. The number of benzene rings is 1. The standard InChI is InChI=1S/C40H57N7O6/c1-7-15-29(33(48)38(52)43-25(3)27-16-11-9-12-17-27)44-37(51)32-26(8-2)20-23-47(32)39(53)34(40(4,5)6)46-36(50)31(28-18-13-10-14-19-28)45-35(49)30-24-41-21-22-42-30/h9,11-12,16-17,21-22,24-26,28-29,31-32,34H,7-8,10,13-15,18-20,23H2,1-6H3,(H,43,52)(H,44,51)(H,45,49)(H,46,50)/t25-,26-,29?,31-,32-,34+/m0/s1. The van der Waals surface area contributed by atoms with Gasteiger partial charge < -0.3 is 26.2 Å². The van der Waals surface area contributed by atoms with Gasteiger partial charge in [0.15, 0.2) is 0 Å². The quantitative estimate of drug-likeness (QED) is 0.198. The van der Waals surface area contributed by atoms with Gasteiger partial charge in [-0.25, -0.2) is 4.98 Å². The summed E-state index contributed by atoms with van der Waals surface area (Å²) < 4.78 is 0. The van der Waals surface area contributed by atoms with Gasteiger partial charge in [-0.1, -0.05) is 97.1 Å². The zero-order valence-electron chi connectivity index (χ0n) is 32.0. The van der Waals surface area contributed by atoms with Crippen LogP contribution in [0, 0.1) is 17.3 Å². The highest BCUT2D eigenvalue weighted by Crippen LogP contribution is 2.32. The molecule has 1 aliphatic heterocycles. The van der Waals surface area contributed by atoms with Crippen LogP contribution < -0.4 is 21.3 Å². The number of nitrogens with one attached hydrogen (secondary N) is 4. The average Bonchev–Trinajstić information content (AvgIpc) is 3.60. The zero-order chi connectivity index (χ0) is 38.7. The zero-order valence-corrected chi connectivity index (χ0v) is 32.0. The molecule has 13 nitrogen and oxygen atoms in total. The summed E-state index contributed by atoms with van der Waals surface area (Å²) in [4.78, 5) is 92.1. The van der Waals surface area contributed by atoms with Crippen molar-refractivity contribution < 1.29 is 28.8 Å². The van der Waals surface area contributed by atoms with Gasteiger partial charge >= 0.3 is 0 Å². The molecule has 1 saturated carbocycles. The number of aromatic nitrogens is 2. The molecule has 2 aliphatic rings. The lowest BCUT2D eigenvalue weighted by Gasteiger charge is -2.38. The molecule has 4 rings (SSSR count). The molecule has 13 heteroatoms. The Morgan fingerprint density at radius 1 is 0.887 bits per heavy atom. The number of rotatable bonds is 15. The van der Waals surface area contributed by atoms with E-state index in [0.717, 1.165) is 37.7 Å². The number of carbonyl (C=O) groups is 6. The number of amides is 5. The Bertz CT molecular complexity index is 1570. The van der Waals surface area contributed by atoms with E-state index in [9.17, 15) is 28.8 Å². The first-order valence-corrected chi connectivity index (χ1v) is 19.1. The third-order valence-electron chi connectivity index (χ3n) is 10.6. The minimum atomic E-state index is -1.07. The normalized spacial score (nSPS) is 20.0. The van der Waals surface area contributed by atoms with Crippen molar-refractivity contribution >= 4 is 35.3 Å². The molecule has 0 radical (unpaired) electrons. The average molecular weight is 732 g/mol. The summed E-state index contributed by atoms with van der Waals surface area (Å²) in [7, 11) is 0. The number of ketones is 1. The van der Waals surface area contributed by atoms with Crippen LogP contribution in [0.2, 0.25) is 0 Å². The maximum Gasteiger partial charge on any atom is 0.290 e. The van der Waals surface area contributed by atoms with E-state index in [1.54, 1.807) is 6.92 Å². The molecule has 6 atom stereocenters. The molecule has 53 heavy (non-hydrogen) atoms. The van der Waals surface area contributed by atoms with Crippen molar-refractivity contribution in [2.45, 2.75) is 130 Å². The van der Waals surface area contributed by atoms with Crippen LogP contribution in [0.4, 0.5) is 0 Å². The molecular weight excluding hydrogens is 674 g/mol. The van der Waals surface area contributed by atoms with Crippen molar-refractivity contribution in [3.05, 3.63) is 60.2 Å². The number of nitrogens with zero attached hydrogens (tertiary/aromatic N) is 3. The van der Waals surface area contributed by atoms with Crippen LogP contribution in [0.25, 0.3) is 0 Å². The Balaban J connectivity index is 1.53. The smallest absolute Gasteiger partial charge is 0.290 e. The number of carbonyl (C=O) groups excluding carboxylic acids is 6. The first kappa shape index (κ1) is 41.1. The van der Waals surface area contributed by atoms with Gasteiger partial charge in [0.2, 0.25) is 23.5 Å². The molecule has 2 fully saturated rings. The highest BCUT2D eigenvalue weighted by Gasteiger charge is 2.47. The molecule has 0 bridgehead atoms. The van der Waals surface area contributed by atoms with Gasteiger partial charge in [0.25, 0.3) is 11.8 Å². The summed E-state index contributed by atoms with van der Waals surface area (Å²) in [5.41, 5.74) is 0.163. The minimum absolute atomic E-state index is 0.0872. The fourth-order valence-electron chi connectivity index (χ4n) is 7.50. The Morgan fingerprint density at radius 3 is 2.19 bits per heavy atom. The summed E-state index contributed by atoms with van der Waals surface area (Å²) in [5.74, 6) is -3.78. The Morgan fingerprint density at radius 2 is 1.58 bits per heavy atom. The van der Waals surface area contributed by atoms with Crippen molar-refractivity contribution in [2.24, 2.45) is 17.3 Å². The van der Waals surface area contributed by atoms with Gasteiger partial charge in [0, 0.05) is 18.9 Å². The summed E-state index contributed by atoms with van der Waals surface area (Å²) in [6.07, 6.45) is 10.6. The molecule has 4 N–H and O–H groups in total. The van der Waals surface area contributed by atoms with Crippen LogP contribution in [-0.4, -0.2) is 80.9 Å². The lowest BCUT2D eigenvalue weighted by molar-refractivity contribution is -0.146. The van der Waals surface area contributed by atoms with Crippen molar-refractivity contribution in [2.75, 3.05) is 6.54 Å². The van der Waals surface area contributed by atoms with Gasteiger partial charge in [0.1, 0.15) is 23.8 Å². The Kier molecular flexibility index (Phi) is 14.6. The van der Waals surface area contributed by atoms with Crippen LogP contribution in [0.15, 0.2) is 48.9 Å². The second-order valence-corrected chi connectivity index (χ2v) is 15.5. The molecular formula is C40H57N7O6. The Labute approximate surface area is 313 Å². The molecule has 1 aromatic carbocycles. The van der Waals surface area contributed by atoms with Gasteiger partial charge in [0.05, 0.1) is 18.3 Å². The molecule has 1 saturated heterocycles. The van der Waals surface area contributed by atoms with Crippen LogP contribution in [0.3, 0.4) is 0 Å². The van der Waals surface area contributed by atoms with E-state index in [4.69, 9.17) is 0 Å². The highest BCUT2D eigenvalue weighted by atomic mass is 16.2. The predicted octanol–water partition coefficient (Wildman–Crippen LogP) is 4.04. The van der Waals surface area contributed by atoms with E-state index >= 15 is 0 Å². The third-order valence-corrected chi connectivity index (χ3v) is 10.6. The van der Waals surface area contributed by atoms with Gasteiger partial charge in [-0.2, -0.15) is 0 Å².